The second-order valence-electron chi connectivity index (χ2n) is 7.26. The fourth-order valence-corrected chi connectivity index (χ4v) is 3.79. The van der Waals surface area contributed by atoms with Crippen molar-refractivity contribution in [2.24, 2.45) is 0 Å². The Labute approximate surface area is 172 Å². The van der Waals surface area contributed by atoms with Gasteiger partial charge in [-0.25, -0.2) is 0 Å². The largest absolute Gasteiger partial charge is 0.573 e. The topological polar surface area (TPSA) is 51.3 Å². The van der Waals surface area contributed by atoms with Gasteiger partial charge in [-0.1, -0.05) is 12.1 Å². The van der Waals surface area contributed by atoms with Gasteiger partial charge in [0, 0.05) is 23.9 Å². The van der Waals surface area contributed by atoms with Crippen LogP contribution in [0.1, 0.15) is 31.2 Å². The second-order valence-corrected chi connectivity index (χ2v) is 7.26. The van der Waals surface area contributed by atoms with Gasteiger partial charge in [-0.3, -0.25) is 4.79 Å². The fourth-order valence-electron chi connectivity index (χ4n) is 3.79. The number of nitrogens with one attached hydrogen (secondary N) is 1. The molecule has 1 aromatic heterocycles. The van der Waals surface area contributed by atoms with Gasteiger partial charge in [0.15, 0.2) is 5.43 Å². The third-order valence-electron chi connectivity index (χ3n) is 5.12. The second kappa shape index (κ2) is 7.89. The summed E-state index contributed by atoms with van der Waals surface area (Å²) >= 11 is 0. The van der Waals surface area contributed by atoms with E-state index in [1.54, 1.807) is 12.1 Å². The smallest absolute Gasteiger partial charge is 0.457 e. The Balaban J connectivity index is 0.00000272. The van der Waals surface area contributed by atoms with Crippen LogP contribution in [0.3, 0.4) is 0 Å². The van der Waals surface area contributed by atoms with Gasteiger partial charge in [0.2, 0.25) is 0 Å². The zero-order valence-electron chi connectivity index (χ0n) is 16.3. The van der Waals surface area contributed by atoms with Crippen molar-refractivity contribution in [1.29, 1.82) is 0 Å². The van der Waals surface area contributed by atoms with E-state index in [-0.39, 0.29) is 12.6 Å². The first-order valence-electron chi connectivity index (χ1n) is 9.69. The Morgan fingerprint density at radius 1 is 0.900 bits per heavy atom. The van der Waals surface area contributed by atoms with E-state index in [0.29, 0.717) is 17.1 Å². The van der Waals surface area contributed by atoms with Crippen molar-refractivity contribution in [2.45, 2.75) is 39.0 Å². The van der Waals surface area contributed by atoms with Crippen molar-refractivity contribution in [3.05, 3.63) is 75.7 Å². The van der Waals surface area contributed by atoms with E-state index in [4.69, 9.17) is 4.74 Å². The summed E-state index contributed by atoms with van der Waals surface area (Å²) < 4.78 is 46.2. The number of hydrogen-bond donors (Lipinski definition) is 1. The molecule has 3 aromatic rings. The third kappa shape index (κ3) is 4.35. The quantitative estimate of drug-likeness (QED) is 0.553. The van der Waals surface area contributed by atoms with Crippen LogP contribution in [0.15, 0.2) is 53.3 Å². The molecule has 0 saturated heterocycles. The summed E-state index contributed by atoms with van der Waals surface area (Å²) in [6, 6.07) is 12.2. The summed E-state index contributed by atoms with van der Waals surface area (Å²) in [6.45, 7) is 1.90. The van der Waals surface area contributed by atoms with Crippen LogP contribution in [0.4, 0.5) is 13.2 Å². The molecule has 158 valence electrons. The first-order valence-corrected chi connectivity index (χ1v) is 9.69. The number of fused-ring (bicyclic) bond motifs is 1. The van der Waals surface area contributed by atoms with Crippen LogP contribution in [-0.4, -0.2) is 11.3 Å². The number of hydrogen-bond acceptors (Lipinski definition) is 3. The molecule has 30 heavy (non-hydrogen) atoms. The minimum atomic E-state index is -4.73. The first kappa shape index (κ1) is 20.1. The van der Waals surface area contributed by atoms with Crippen LogP contribution in [-0.2, 0) is 12.8 Å². The van der Waals surface area contributed by atoms with Crippen LogP contribution in [0.5, 0.6) is 17.2 Å². The lowest BCUT2D eigenvalue weighted by atomic mass is 9.91. The molecule has 7 heteroatoms. The molecule has 4 rings (SSSR count). The summed E-state index contributed by atoms with van der Waals surface area (Å²) in [5, 5.41) is 0. The SMILES string of the molecule is Cc1[nH]c2c(c(=O)c1-c1ccc(Oc3ccc(OC(F)(F)F)cc3)cc1)CCCC2.[HH]. The van der Waals surface area contributed by atoms with Crippen LogP contribution in [0, 0.1) is 6.92 Å². The molecule has 2 aromatic carbocycles. The van der Waals surface area contributed by atoms with E-state index in [2.05, 4.69) is 9.72 Å². The summed E-state index contributed by atoms with van der Waals surface area (Å²) in [5.74, 6) is 0.572. The molecule has 0 saturated carbocycles. The molecule has 1 aliphatic carbocycles. The average molecular weight is 417 g/mol. The standard InChI is InChI=1S/C23H20F3NO3.H2/c1-14-21(22(28)19-4-2-3-5-20(19)27-14)15-6-8-16(9-7-15)29-17-10-12-18(13-11-17)30-23(24,25)26;/h6-13H,2-5H2,1H3,(H,27,28);1H. The van der Waals surface area contributed by atoms with Gasteiger partial charge in [0.1, 0.15) is 17.2 Å². The van der Waals surface area contributed by atoms with E-state index in [9.17, 15) is 18.0 Å². The van der Waals surface area contributed by atoms with Crippen molar-refractivity contribution < 1.29 is 24.1 Å². The zero-order valence-corrected chi connectivity index (χ0v) is 16.3. The Hall–Kier alpha value is -3.22. The predicted molar refractivity (Wildman–Crippen MR) is 109 cm³/mol. The number of halogens is 3. The van der Waals surface area contributed by atoms with Gasteiger partial charge in [-0.05, 0) is 74.6 Å². The number of aryl methyl sites for hydroxylation is 2. The van der Waals surface area contributed by atoms with Crippen LogP contribution in [0.2, 0.25) is 0 Å². The number of H-pyrrole nitrogens is 1. The van der Waals surface area contributed by atoms with Gasteiger partial charge < -0.3 is 14.5 Å². The maximum absolute atomic E-state index is 13.0. The Kier molecular flexibility index (Phi) is 5.28. The van der Waals surface area contributed by atoms with E-state index < -0.39 is 6.36 Å². The number of aromatic amines is 1. The molecule has 0 bridgehead atoms. The lowest BCUT2D eigenvalue weighted by Gasteiger charge is -2.18. The number of pyridine rings is 1. The molecule has 1 N–H and O–H groups in total. The highest BCUT2D eigenvalue weighted by Crippen LogP contribution is 2.29. The molecule has 0 amide bonds. The van der Waals surface area contributed by atoms with Gasteiger partial charge in [0.25, 0.3) is 0 Å². The number of ether oxygens (including phenoxy) is 2. The summed E-state index contributed by atoms with van der Waals surface area (Å²) in [7, 11) is 0. The fraction of sp³-hybridized carbons (Fsp3) is 0.261. The maximum atomic E-state index is 13.0. The highest BCUT2D eigenvalue weighted by Gasteiger charge is 2.31. The van der Waals surface area contributed by atoms with Crippen molar-refractivity contribution in [3.8, 4) is 28.4 Å². The number of rotatable bonds is 4. The lowest BCUT2D eigenvalue weighted by molar-refractivity contribution is -0.274. The normalized spacial score (nSPS) is 13.6. The minimum Gasteiger partial charge on any atom is -0.457 e. The molecule has 0 spiro atoms. The van der Waals surface area contributed by atoms with Gasteiger partial charge in [-0.2, -0.15) is 0 Å². The van der Waals surface area contributed by atoms with Gasteiger partial charge >= 0.3 is 6.36 Å². The van der Waals surface area contributed by atoms with Crippen molar-refractivity contribution >= 4 is 0 Å². The highest BCUT2D eigenvalue weighted by molar-refractivity contribution is 5.67. The van der Waals surface area contributed by atoms with Crippen LogP contribution < -0.4 is 14.9 Å². The maximum Gasteiger partial charge on any atom is 0.573 e. The zero-order chi connectivity index (χ0) is 21.3. The number of alkyl halides is 3. The Bertz CT molecular complexity index is 1110. The number of aromatic nitrogens is 1. The van der Waals surface area contributed by atoms with Crippen LogP contribution >= 0.6 is 0 Å². The molecular weight excluding hydrogens is 395 g/mol. The molecule has 1 aliphatic rings. The van der Waals surface area contributed by atoms with Crippen molar-refractivity contribution in [2.75, 3.05) is 0 Å². The lowest BCUT2D eigenvalue weighted by Crippen LogP contribution is -2.21. The molecular formula is C23H22F3NO3. The summed E-state index contributed by atoms with van der Waals surface area (Å²) in [4.78, 5) is 16.4. The van der Waals surface area contributed by atoms with Gasteiger partial charge in [0.05, 0.1) is 0 Å². The molecule has 0 unspecified atom stereocenters. The van der Waals surface area contributed by atoms with E-state index in [1.807, 2.05) is 19.1 Å². The third-order valence-corrected chi connectivity index (χ3v) is 5.12. The van der Waals surface area contributed by atoms with E-state index in [0.717, 1.165) is 48.2 Å². The van der Waals surface area contributed by atoms with Crippen molar-refractivity contribution in [3.63, 3.8) is 0 Å². The van der Waals surface area contributed by atoms with E-state index in [1.165, 1.54) is 24.3 Å². The van der Waals surface area contributed by atoms with Crippen molar-refractivity contribution in [1.82, 2.24) is 4.98 Å². The monoisotopic (exact) mass is 417 g/mol. The molecule has 4 nitrogen and oxygen atoms in total. The molecule has 0 radical (unpaired) electrons. The Morgan fingerprint density at radius 3 is 2.10 bits per heavy atom. The minimum absolute atomic E-state index is 0. The summed E-state index contributed by atoms with van der Waals surface area (Å²) in [5.41, 5.74) is 4.30. The first-order chi connectivity index (χ1) is 14.3. The molecule has 0 aliphatic heterocycles. The van der Waals surface area contributed by atoms with E-state index >= 15 is 0 Å². The Morgan fingerprint density at radius 2 is 1.47 bits per heavy atom. The summed E-state index contributed by atoms with van der Waals surface area (Å²) in [6.07, 6.45) is -0.904. The molecule has 0 atom stereocenters. The molecule has 0 fully saturated rings. The highest BCUT2D eigenvalue weighted by atomic mass is 19.4. The number of benzene rings is 2. The average Bonchev–Trinajstić information content (AvgIpc) is 2.70. The predicted octanol–water partition coefficient (Wildman–Crippen LogP) is 6.17. The van der Waals surface area contributed by atoms with Gasteiger partial charge in [-0.15, -0.1) is 13.2 Å². The molecule has 1 heterocycles. The van der Waals surface area contributed by atoms with Crippen LogP contribution in [0.25, 0.3) is 11.1 Å².